The van der Waals surface area contributed by atoms with Crippen LogP contribution in [0.15, 0.2) is 0 Å². The van der Waals surface area contributed by atoms with E-state index < -0.39 is 5.60 Å². The van der Waals surface area contributed by atoms with Crippen molar-refractivity contribution in [3.05, 3.63) is 0 Å². The van der Waals surface area contributed by atoms with Gasteiger partial charge in [0.05, 0.1) is 7.11 Å². The molecule has 0 amide bonds. The minimum atomic E-state index is -1.29. The van der Waals surface area contributed by atoms with E-state index in [1.54, 1.807) is 7.11 Å². The van der Waals surface area contributed by atoms with Crippen LogP contribution in [-0.4, -0.2) is 35.9 Å². The molecule has 1 saturated heterocycles. The fourth-order valence-corrected chi connectivity index (χ4v) is 11.1. The van der Waals surface area contributed by atoms with Gasteiger partial charge >= 0.3 is 0 Å². The molecule has 6 heteroatoms. The smallest absolute Gasteiger partial charge is 0.240 e. The molecule has 0 aromatic rings. The van der Waals surface area contributed by atoms with E-state index in [1.165, 1.54) is 0 Å². The normalized spacial score (nSPS) is 56.8. The molecule has 6 aliphatic rings. The summed E-state index contributed by atoms with van der Waals surface area (Å²) in [5.74, 6) is 0.673. The molecule has 1 heterocycles. The maximum atomic E-state index is 14.4. The number of hydrogen-bond donors (Lipinski definition) is 1. The summed E-state index contributed by atoms with van der Waals surface area (Å²) in [5.41, 5.74) is 1.68. The van der Waals surface area contributed by atoms with Gasteiger partial charge in [0.25, 0.3) is 0 Å². The predicted octanol–water partition coefficient (Wildman–Crippen LogP) is 5.01. The van der Waals surface area contributed by atoms with Gasteiger partial charge in [0.1, 0.15) is 18.0 Å². The number of nitrogens with zero attached hydrogens (tertiary/aromatic N) is 1. The fraction of sp³-hybridized carbons (Fsp3) is 0.900. The molecule has 0 aromatic heterocycles. The number of fused-ring (bicyclic) bond motifs is 9. The lowest BCUT2D eigenvalue weighted by molar-refractivity contribution is -0.229. The lowest BCUT2D eigenvalue weighted by atomic mass is 9.32. The van der Waals surface area contributed by atoms with Gasteiger partial charge in [0.2, 0.25) is 5.60 Å². The highest BCUT2D eigenvalue weighted by Crippen LogP contribution is 2.76. The number of ether oxygens (including phenoxy) is 1. The van der Waals surface area contributed by atoms with Crippen molar-refractivity contribution in [1.82, 2.24) is 5.48 Å². The molecular weight excluding hydrogens is 452 g/mol. The molecule has 0 spiro atoms. The average molecular weight is 497 g/mol. The Labute approximate surface area is 216 Å². The second-order valence-corrected chi connectivity index (χ2v) is 15.0. The van der Waals surface area contributed by atoms with E-state index in [1.807, 2.05) is 6.92 Å². The number of ketones is 2. The lowest BCUT2D eigenvalue weighted by Gasteiger charge is -2.71. The van der Waals surface area contributed by atoms with E-state index in [-0.39, 0.29) is 68.7 Å². The lowest BCUT2D eigenvalue weighted by Crippen LogP contribution is -2.72. The van der Waals surface area contributed by atoms with Crippen molar-refractivity contribution in [3.8, 4) is 6.07 Å². The number of nitrogens with one attached hydrogen (secondary N) is 1. The molecule has 36 heavy (non-hydrogen) atoms. The molecule has 6 fully saturated rings. The standard InChI is InChI=1S/C30H44N2O4/c1-17-18-8-9-26(4)21(28(18,6)24-30(16-31,36-24)23(17)34)14-20(33)22-19-15-25(2,3)10-12-29(19,32-35-7)13-11-27(22,26)5/h17-19,21-22,24,32H,8-15H2,1-7H3/t17-,18-,19?,21-,22?,24+,26+,27+,28-,29-,30-/m0/s1. The molecule has 0 aromatic carbocycles. The zero-order valence-corrected chi connectivity index (χ0v) is 23.2. The van der Waals surface area contributed by atoms with E-state index in [9.17, 15) is 14.9 Å². The first-order valence-electron chi connectivity index (χ1n) is 14.2. The Kier molecular flexibility index (Phi) is 5.01. The first-order chi connectivity index (χ1) is 16.8. The zero-order chi connectivity index (χ0) is 26.1. The van der Waals surface area contributed by atoms with Gasteiger partial charge in [-0.3, -0.25) is 9.59 Å². The highest BCUT2D eigenvalue weighted by Gasteiger charge is 2.81. The molecule has 5 aliphatic carbocycles. The number of Topliss-reactive ketones (excluding diaryl/α,β-unsaturated/α-hetero) is 2. The highest BCUT2D eigenvalue weighted by molar-refractivity contribution is 5.97. The summed E-state index contributed by atoms with van der Waals surface area (Å²) in [6, 6.07) is 2.26. The van der Waals surface area contributed by atoms with Gasteiger partial charge < -0.3 is 9.57 Å². The van der Waals surface area contributed by atoms with Crippen LogP contribution in [-0.2, 0) is 19.2 Å². The third-order valence-electron chi connectivity index (χ3n) is 13.3. The fourth-order valence-electron chi connectivity index (χ4n) is 11.1. The van der Waals surface area contributed by atoms with E-state index in [0.29, 0.717) is 12.2 Å². The van der Waals surface area contributed by atoms with Crippen LogP contribution in [0, 0.1) is 62.6 Å². The summed E-state index contributed by atoms with van der Waals surface area (Å²) in [6.07, 6.45) is 7.37. The van der Waals surface area contributed by atoms with Crippen LogP contribution in [0.5, 0.6) is 0 Å². The second kappa shape index (κ2) is 7.21. The molecular formula is C30H44N2O4. The molecule has 1 N–H and O–H groups in total. The van der Waals surface area contributed by atoms with Crippen LogP contribution in [0.25, 0.3) is 0 Å². The van der Waals surface area contributed by atoms with Gasteiger partial charge in [-0.2, -0.15) is 10.7 Å². The van der Waals surface area contributed by atoms with Gasteiger partial charge in [-0.15, -0.1) is 0 Å². The van der Waals surface area contributed by atoms with Crippen molar-refractivity contribution in [3.63, 3.8) is 0 Å². The molecule has 5 saturated carbocycles. The van der Waals surface area contributed by atoms with Crippen molar-refractivity contribution in [2.24, 2.45) is 51.2 Å². The molecule has 0 radical (unpaired) electrons. The summed E-state index contributed by atoms with van der Waals surface area (Å²) >= 11 is 0. The summed E-state index contributed by atoms with van der Waals surface area (Å²) in [4.78, 5) is 33.2. The van der Waals surface area contributed by atoms with Crippen molar-refractivity contribution < 1.29 is 19.2 Å². The Morgan fingerprint density at radius 2 is 1.69 bits per heavy atom. The molecule has 0 bridgehead atoms. The van der Waals surface area contributed by atoms with Crippen LogP contribution in [0.3, 0.4) is 0 Å². The quantitative estimate of drug-likeness (QED) is 0.427. The Balaban J connectivity index is 1.44. The predicted molar refractivity (Wildman–Crippen MR) is 134 cm³/mol. The molecule has 6 rings (SSSR count). The number of hydroxylamine groups is 1. The van der Waals surface area contributed by atoms with Crippen LogP contribution < -0.4 is 5.48 Å². The topological polar surface area (TPSA) is 91.7 Å². The van der Waals surface area contributed by atoms with Gasteiger partial charge in [-0.1, -0.05) is 41.5 Å². The Hall–Kier alpha value is -1.29. The Morgan fingerprint density at radius 3 is 2.36 bits per heavy atom. The maximum absolute atomic E-state index is 14.4. The van der Waals surface area contributed by atoms with Gasteiger partial charge in [-0.05, 0) is 78.9 Å². The van der Waals surface area contributed by atoms with E-state index in [4.69, 9.17) is 9.57 Å². The molecule has 11 atom stereocenters. The van der Waals surface area contributed by atoms with E-state index in [0.717, 1.165) is 44.9 Å². The summed E-state index contributed by atoms with van der Waals surface area (Å²) in [5, 5.41) is 10.0. The number of rotatable bonds is 2. The van der Waals surface area contributed by atoms with Crippen molar-refractivity contribution in [2.75, 3.05) is 7.11 Å². The largest absolute Gasteiger partial charge is 0.343 e. The number of nitriles is 1. The maximum Gasteiger partial charge on any atom is 0.240 e. The minimum Gasteiger partial charge on any atom is -0.343 e. The third kappa shape index (κ3) is 2.68. The summed E-state index contributed by atoms with van der Waals surface area (Å²) < 4.78 is 6.08. The van der Waals surface area contributed by atoms with Crippen molar-refractivity contribution >= 4 is 11.6 Å². The van der Waals surface area contributed by atoms with Gasteiger partial charge in [0.15, 0.2) is 5.78 Å². The van der Waals surface area contributed by atoms with Gasteiger partial charge in [0, 0.05) is 29.2 Å². The van der Waals surface area contributed by atoms with Crippen LogP contribution in [0.1, 0.15) is 92.9 Å². The molecule has 198 valence electrons. The van der Waals surface area contributed by atoms with Gasteiger partial charge in [-0.25, -0.2) is 0 Å². The first-order valence-corrected chi connectivity index (χ1v) is 14.2. The van der Waals surface area contributed by atoms with Crippen LogP contribution in [0.4, 0.5) is 0 Å². The van der Waals surface area contributed by atoms with E-state index in [2.05, 4.69) is 46.2 Å². The number of carbonyl (C=O) groups is 2. The average Bonchev–Trinajstić information content (AvgIpc) is 3.58. The molecule has 1 aliphatic heterocycles. The SMILES string of the molecule is CON[C@]12CCC(C)(C)CC1C1C(=O)C[C@@H]3[C@@]4(C)[C@H]5O[C@@]5(C#N)C(=O)[C@@H](C)[C@@H]4CC[C@@]3(C)[C@]1(C)CC2. The van der Waals surface area contributed by atoms with Crippen molar-refractivity contribution in [1.29, 1.82) is 5.26 Å². The Bertz CT molecular complexity index is 1070. The zero-order valence-electron chi connectivity index (χ0n) is 23.2. The van der Waals surface area contributed by atoms with E-state index >= 15 is 0 Å². The number of hydrogen-bond acceptors (Lipinski definition) is 6. The summed E-state index contributed by atoms with van der Waals surface area (Å²) in [6.45, 7) is 13.8. The third-order valence-corrected chi connectivity index (χ3v) is 13.3. The van der Waals surface area contributed by atoms with Crippen LogP contribution >= 0.6 is 0 Å². The monoisotopic (exact) mass is 496 g/mol. The second-order valence-electron chi connectivity index (χ2n) is 15.0. The number of carbonyl (C=O) groups excluding carboxylic acids is 2. The van der Waals surface area contributed by atoms with Crippen LogP contribution in [0.2, 0.25) is 0 Å². The first kappa shape index (κ1) is 25.0. The Morgan fingerprint density at radius 1 is 1.00 bits per heavy atom. The molecule has 2 unspecified atom stereocenters. The summed E-state index contributed by atoms with van der Waals surface area (Å²) in [7, 11) is 1.71. The van der Waals surface area contributed by atoms with Crippen molar-refractivity contribution in [2.45, 2.75) is 110 Å². The minimum absolute atomic E-state index is 0.00151. The highest BCUT2D eigenvalue weighted by atomic mass is 16.6. The molecule has 6 nitrogen and oxygen atoms in total. The number of epoxide rings is 1.